The molecule has 2 atom stereocenters. The van der Waals surface area contributed by atoms with Gasteiger partial charge in [-0.15, -0.1) is 12.4 Å². The molecule has 3 N–H and O–H groups in total. The average molecular weight is 241 g/mol. The monoisotopic (exact) mass is 240 g/mol. The largest absolute Gasteiger partial charge is 0.399 e. The second-order valence-corrected chi connectivity index (χ2v) is 4.31. The molecule has 16 heavy (non-hydrogen) atoms. The van der Waals surface area contributed by atoms with E-state index in [4.69, 9.17) is 5.73 Å². The number of hydrogen-bond acceptors (Lipinski definition) is 2. The molecule has 1 fully saturated rings. The van der Waals surface area contributed by atoms with E-state index in [1.165, 1.54) is 6.42 Å². The topological polar surface area (TPSA) is 55.1 Å². The fourth-order valence-corrected chi connectivity index (χ4v) is 1.69. The van der Waals surface area contributed by atoms with Crippen molar-refractivity contribution in [1.29, 1.82) is 0 Å². The van der Waals surface area contributed by atoms with Gasteiger partial charge in [0, 0.05) is 17.8 Å². The minimum Gasteiger partial charge on any atom is -0.399 e. The molecule has 2 rings (SSSR count). The van der Waals surface area contributed by atoms with Crippen LogP contribution < -0.4 is 11.1 Å². The van der Waals surface area contributed by atoms with Crippen LogP contribution in [0.5, 0.6) is 0 Å². The Morgan fingerprint density at radius 3 is 2.81 bits per heavy atom. The van der Waals surface area contributed by atoms with E-state index in [0.29, 0.717) is 17.2 Å². The number of anilines is 1. The van der Waals surface area contributed by atoms with Crippen LogP contribution in [0.1, 0.15) is 23.7 Å². The van der Waals surface area contributed by atoms with Crippen molar-refractivity contribution in [3.8, 4) is 0 Å². The van der Waals surface area contributed by atoms with Crippen LogP contribution >= 0.6 is 12.4 Å². The molecule has 1 amide bonds. The average Bonchev–Trinajstić information content (AvgIpc) is 2.91. The Balaban J connectivity index is 0.00000128. The maximum absolute atomic E-state index is 11.7. The Hall–Kier alpha value is -1.22. The molecule has 0 saturated heterocycles. The highest BCUT2D eigenvalue weighted by Gasteiger charge is 2.32. The molecule has 1 aromatic carbocycles. The van der Waals surface area contributed by atoms with E-state index >= 15 is 0 Å². The SMILES string of the molecule is CC1CC1CNC(=O)c1cccc(N)c1.Cl. The molecule has 4 heteroatoms. The fourth-order valence-electron chi connectivity index (χ4n) is 1.69. The van der Waals surface area contributed by atoms with Crippen molar-refractivity contribution in [2.75, 3.05) is 12.3 Å². The molecule has 88 valence electrons. The Morgan fingerprint density at radius 1 is 1.56 bits per heavy atom. The number of benzene rings is 1. The highest BCUT2D eigenvalue weighted by Crippen LogP contribution is 2.36. The van der Waals surface area contributed by atoms with Gasteiger partial charge in [0.05, 0.1) is 0 Å². The van der Waals surface area contributed by atoms with Gasteiger partial charge in [0.2, 0.25) is 0 Å². The molecule has 0 heterocycles. The summed E-state index contributed by atoms with van der Waals surface area (Å²) in [4.78, 5) is 11.7. The van der Waals surface area contributed by atoms with Crippen LogP contribution in [0.3, 0.4) is 0 Å². The van der Waals surface area contributed by atoms with Gasteiger partial charge in [-0.2, -0.15) is 0 Å². The van der Waals surface area contributed by atoms with Crippen molar-refractivity contribution in [3.63, 3.8) is 0 Å². The molecule has 0 bridgehead atoms. The summed E-state index contributed by atoms with van der Waals surface area (Å²) in [7, 11) is 0. The van der Waals surface area contributed by atoms with Gasteiger partial charge in [-0.05, 0) is 36.5 Å². The number of nitrogen functional groups attached to an aromatic ring is 1. The first kappa shape index (κ1) is 12.8. The maximum Gasteiger partial charge on any atom is 0.251 e. The first-order chi connectivity index (χ1) is 7.16. The Kier molecular flexibility index (Phi) is 4.19. The van der Waals surface area contributed by atoms with E-state index in [1.54, 1.807) is 24.3 Å². The number of rotatable bonds is 3. The van der Waals surface area contributed by atoms with Crippen LogP contribution in [-0.2, 0) is 0 Å². The number of hydrogen-bond donors (Lipinski definition) is 2. The van der Waals surface area contributed by atoms with Crippen molar-refractivity contribution < 1.29 is 4.79 Å². The van der Waals surface area contributed by atoms with Crippen LogP contribution in [0.15, 0.2) is 24.3 Å². The zero-order valence-corrected chi connectivity index (χ0v) is 10.1. The lowest BCUT2D eigenvalue weighted by molar-refractivity contribution is 0.0951. The van der Waals surface area contributed by atoms with Crippen molar-refractivity contribution in [3.05, 3.63) is 29.8 Å². The van der Waals surface area contributed by atoms with E-state index in [1.807, 2.05) is 0 Å². The fraction of sp³-hybridized carbons (Fsp3) is 0.417. The van der Waals surface area contributed by atoms with Crippen molar-refractivity contribution in [2.45, 2.75) is 13.3 Å². The van der Waals surface area contributed by atoms with E-state index in [2.05, 4.69) is 12.2 Å². The van der Waals surface area contributed by atoms with Gasteiger partial charge >= 0.3 is 0 Å². The molecule has 0 spiro atoms. The van der Waals surface area contributed by atoms with E-state index in [9.17, 15) is 4.79 Å². The number of nitrogens with two attached hydrogens (primary N) is 1. The van der Waals surface area contributed by atoms with Crippen LogP contribution in [0.2, 0.25) is 0 Å². The van der Waals surface area contributed by atoms with Gasteiger partial charge in [0.25, 0.3) is 5.91 Å². The summed E-state index contributed by atoms with van der Waals surface area (Å²) in [5, 5.41) is 2.92. The molecule has 0 aliphatic heterocycles. The minimum atomic E-state index is -0.0265. The van der Waals surface area contributed by atoms with Crippen molar-refractivity contribution in [2.24, 2.45) is 11.8 Å². The minimum absolute atomic E-state index is 0. The second-order valence-electron chi connectivity index (χ2n) is 4.31. The molecule has 1 aliphatic carbocycles. The van der Waals surface area contributed by atoms with Gasteiger partial charge < -0.3 is 11.1 Å². The van der Waals surface area contributed by atoms with E-state index in [0.717, 1.165) is 12.5 Å². The van der Waals surface area contributed by atoms with Crippen LogP contribution in [-0.4, -0.2) is 12.5 Å². The third kappa shape index (κ3) is 3.14. The molecule has 3 nitrogen and oxygen atoms in total. The molecule has 1 saturated carbocycles. The second kappa shape index (κ2) is 5.21. The lowest BCUT2D eigenvalue weighted by atomic mass is 10.2. The van der Waals surface area contributed by atoms with Crippen LogP contribution in [0.25, 0.3) is 0 Å². The van der Waals surface area contributed by atoms with Gasteiger partial charge in [-0.25, -0.2) is 0 Å². The molecule has 0 aromatic heterocycles. The number of carbonyl (C=O) groups excluding carboxylic acids is 1. The first-order valence-corrected chi connectivity index (χ1v) is 5.30. The predicted octanol–water partition coefficient (Wildman–Crippen LogP) is 2.08. The third-order valence-electron chi connectivity index (χ3n) is 2.95. The quantitative estimate of drug-likeness (QED) is 0.795. The lowest BCUT2D eigenvalue weighted by Crippen LogP contribution is -2.25. The van der Waals surface area contributed by atoms with Gasteiger partial charge in [-0.1, -0.05) is 13.0 Å². The molecule has 1 aromatic rings. The van der Waals surface area contributed by atoms with Gasteiger partial charge in [-0.3, -0.25) is 4.79 Å². The third-order valence-corrected chi connectivity index (χ3v) is 2.95. The van der Waals surface area contributed by atoms with E-state index in [-0.39, 0.29) is 18.3 Å². The number of carbonyl (C=O) groups is 1. The summed E-state index contributed by atoms with van der Waals surface area (Å²) in [6.07, 6.45) is 1.23. The van der Waals surface area contributed by atoms with Crippen molar-refractivity contribution >= 4 is 24.0 Å². The summed E-state index contributed by atoms with van der Waals surface area (Å²) < 4.78 is 0. The number of halogens is 1. The zero-order chi connectivity index (χ0) is 10.8. The van der Waals surface area contributed by atoms with Crippen molar-refractivity contribution in [1.82, 2.24) is 5.32 Å². The lowest BCUT2D eigenvalue weighted by Gasteiger charge is -2.04. The Bertz CT molecular complexity index is 381. The predicted molar refractivity (Wildman–Crippen MR) is 67.7 cm³/mol. The Labute approximate surface area is 102 Å². The summed E-state index contributed by atoms with van der Waals surface area (Å²) in [6.45, 7) is 2.99. The standard InChI is InChI=1S/C12H16N2O.ClH/c1-8-5-10(8)7-14-12(15)9-3-2-4-11(13)6-9;/h2-4,6,8,10H,5,7,13H2,1H3,(H,14,15);1H. The van der Waals surface area contributed by atoms with Gasteiger partial charge in [0.15, 0.2) is 0 Å². The zero-order valence-electron chi connectivity index (χ0n) is 9.27. The number of amides is 1. The summed E-state index contributed by atoms with van der Waals surface area (Å²) in [6, 6.07) is 7.05. The number of nitrogens with one attached hydrogen (secondary N) is 1. The maximum atomic E-state index is 11.7. The molecule has 2 unspecified atom stereocenters. The normalized spacial score (nSPS) is 22.1. The summed E-state index contributed by atoms with van der Waals surface area (Å²) in [5.41, 5.74) is 6.88. The summed E-state index contributed by atoms with van der Waals surface area (Å²) in [5.74, 6) is 1.42. The van der Waals surface area contributed by atoms with Gasteiger partial charge in [0.1, 0.15) is 0 Å². The van der Waals surface area contributed by atoms with Crippen LogP contribution in [0, 0.1) is 11.8 Å². The molecular formula is C12H17ClN2O. The highest BCUT2D eigenvalue weighted by atomic mass is 35.5. The highest BCUT2D eigenvalue weighted by molar-refractivity contribution is 5.94. The molecular weight excluding hydrogens is 224 g/mol. The smallest absolute Gasteiger partial charge is 0.251 e. The summed E-state index contributed by atoms with van der Waals surface area (Å²) >= 11 is 0. The Morgan fingerprint density at radius 2 is 2.25 bits per heavy atom. The van der Waals surface area contributed by atoms with E-state index < -0.39 is 0 Å². The first-order valence-electron chi connectivity index (χ1n) is 5.30. The van der Waals surface area contributed by atoms with Crippen LogP contribution in [0.4, 0.5) is 5.69 Å². The molecule has 0 radical (unpaired) electrons. The molecule has 1 aliphatic rings.